The van der Waals surface area contributed by atoms with Crippen molar-refractivity contribution in [2.24, 2.45) is 60.8 Å². The number of nitrogens with one attached hydrogen (secondary N) is 6. The highest BCUT2D eigenvalue weighted by molar-refractivity contribution is 8.00. The van der Waals surface area contributed by atoms with Crippen molar-refractivity contribution in [1.82, 2.24) is 31.9 Å². The number of unbranched alkanes of at least 4 members (excludes halogenated alkanes) is 1. The van der Waals surface area contributed by atoms with E-state index in [-0.39, 0.29) is 98.9 Å². The minimum atomic E-state index is -1.22. The van der Waals surface area contributed by atoms with Crippen molar-refractivity contribution in [2.75, 3.05) is 31.9 Å². The number of urea groups is 1. The van der Waals surface area contributed by atoms with Crippen molar-refractivity contribution < 1.29 is 28.8 Å². The predicted octanol–water partition coefficient (Wildman–Crippen LogP) is -5.35. The lowest BCUT2D eigenvalue weighted by Gasteiger charge is -2.25. The number of fused-ring (bicyclic) bond motifs is 1. The standard InChI is InChI=1S/C32H61N17O6S/c33-17(6-3-12-42-29(35)36)26(52)41-15-11-18(25(34)51)46-28(54)20(8-5-14-44-31(39)40)47-27(53)19(7-4-13-43-30(37)38)45-23(50)10-2-1-9-22-24-21(16-56-22)48-32(55)49-24/h17-22,24H,1-16,33H2,(H2,34,51)(H,41,52)(H,45,50)(H,46,54)(H,47,53)(H4,35,36,42)(H4,37,38,43)(H4,39,40,44)(H2,48,49,55)/t17?,18?,19?,20?,21-,22-,24-/m0/s1. The lowest BCUT2D eigenvalue weighted by atomic mass is 10.0. The van der Waals surface area contributed by atoms with Gasteiger partial charge in [0, 0.05) is 43.6 Å². The minimum Gasteiger partial charge on any atom is -0.370 e. The quantitative estimate of drug-likeness (QED) is 0.0159. The van der Waals surface area contributed by atoms with Crippen LogP contribution in [0.25, 0.3) is 0 Å². The molecule has 4 unspecified atom stereocenters. The Bertz CT molecular complexity index is 1420. The number of nitrogens with two attached hydrogens (primary N) is 8. The van der Waals surface area contributed by atoms with Crippen molar-refractivity contribution in [3.8, 4) is 0 Å². The fourth-order valence-electron chi connectivity index (χ4n) is 6.04. The van der Waals surface area contributed by atoms with Gasteiger partial charge in [-0.25, -0.2) is 4.79 Å². The van der Waals surface area contributed by atoms with Gasteiger partial charge >= 0.3 is 6.03 Å². The second-order valence-electron chi connectivity index (χ2n) is 13.5. The number of hydrogen-bond donors (Lipinski definition) is 14. The van der Waals surface area contributed by atoms with Crippen LogP contribution < -0.4 is 77.8 Å². The Morgan fingerprint density at radius 3 is 1.77 bits per heavy atom. The van der Waals surface area contributed by atoms with Gasteiger partial charge in [-0.3, -0.25) is 38.9 Å². The van der Waals surface area contributed by atoms with Crippen LogP contribution in [0, 0.1) is 0 Å². The van der Waals surface area contributed by atoms with Gasteiger partial charge in [0.15, 0.2) is 17.9 Å². The zero-order valence-electron chi connectivity index (χ0n) is 31.7. The number of thioether (sulfide) groups is 1. The van der Waals surface area contributed by atoms with Gasteiger partial charge in [0.25, 0.3) is 0 Å². The first-order chi connectivity index (χ1) is 26.6. The van der Waals surface area contributed by atoms with E-state index >= 15 is 0 Å². The molecule has 316 valence electrons. The van der Waals surface area contributed by atoms with Crippen LogP contribution in [0.3, 0.4) is 0 Å². The Balaban J connectivity index is 2.03. The molecule has 0 spiro atoms. The maximum atomic E-state index is 13.7. The van der Waals surface area contributed by atoms with Gasteiger partial charge in [-0.1, -0.05) is 6.42 Å². The number of guanidine groups is 3. The van der Waals surface area contributed by atoms with Gasteiger partial charge in [-0.2, -0.15) is 11.8 Å². The van der Waals surface area contributed by atoms with Crippen LogP contribution in [0.5, 0.6) is 0 Å². The predicted molar refractivity (Wildman–Crippen MR) is 214 cm³/mol. The normalized spacial score (nSPS) is 19.0. The first-order valence-electron chi connectivity index (χ1n) is 18.6. The summed E-state index contributed by atoms with van der Waals surface area (Å²) in [6, 6.07) is -4.32. The van der Waals surface area contributed by atoms with E-state index in [4.69, 9.17) is 45.9 Å². The zero-order chi connectivity index (χ0) is 41.6. The number of carbonyl (C=O) groups excluding carboxylic acids is 6. The number of amides is 7. The summed E-state index contributed by atoms with van der Waals surface area (Å²) < 4.78 is 0. The highest BCUT2D eigenvalue weighted by atomic mass is 32.2. The molecule has 2 fully saturated rings. The summed E-state index contributed by atoms with van der Waals surface area (Å²) in [5, 5.41) is 16.7. The SMILES string of the molecule is NC(=O)C(CCNC(=O)C(N)CCCN=C(N)N)NC(=O)C(CCCN=C(N)N)NC(=O)C(CCCN=C(N)N)NC(=O)CCCC[C@@H]1SC[C@@H]2NC(=O)N[C@@H]21. The van der Waals surface area contributed by atoms with Crippen LogP contribution in [0.1, 0.15) is 70.6 Å². The van der Waals surface area contributed by atoms with E-state index in [0.29, 0.717) is 32.2 Å². The summed E-state index contributed by atoms with van der Waals surface area (Å²) >= 11 is 1.79. The van der Waals surface area contributed by atoms with E-state index in [1.807, 2.05) is 0 Å². The molecule has 23 nitrogen and oxygen atoms in total. The summed E-state index contributed by atoms with van der Waals surface area (Å²) in [6.07, 6.45) is 3.73. The van der Waals surface area contributed by atoms with Crippen molar-refractivity contribution in [3.05, 3.63) is 0 Å². The Morgan fingerprint density at radius 1 is 0.679 bits per heavy atom. The molecule has 7 amide bonds. The molecule has 0 radical (unpaired) electrons. The summed E-state index contributed by atoms with van der Waals surface area (Å²) in [5.41, 5.74) is 43.8. The second-order valence-corrected chi connectivity index (χ2v) is 14.8. The van der Waals surface area contributed by atoms with E-state index in [1.165, 1.54) is 0 Å². The molecule has 0 aliphatic carbocycles. The van der Waals surface area contributed by atoms with E-state index < -0.39 is 47.8 Å². The summed E-state index contributed by atoms with van der Waals surface area (Å²) in [7, 11) is 0. The topological polar surface area (TPSA) is 420 Å². The van der Waals surface area contributed by atoms with Crippen molar-refractivity contribution >= 4 is 65.2 Å². The molecule has 0 aromatic carbocycles. The molecule has 2 heterocycles. The van der Waals surface area contributed by atoms with Crippen LogP contribution in [-0.4, -0.2) is 127 Å². The van der Waals surface area contributed by atoms with Crippen LogP contribution in [0.4, 0.5) is 4.79 Å². The average Bonchev–Trinajstić information content (AvgIpc) is 3.68. The summed E-state index contributed by atoms with van der Waals surface area (Å²) in [6.45, 7) is 0.586. The number of nitrogens with zero attached hydrogens (tertiary/aromatic N) is 3. The molecule has 56 heavy (non-hydrogen) atoms. The monoisotopic (exact) mass is 811 g/mol. The number of hydrogen-bond acceptors (Lipinski definition) is 11. The van der Waals surface area contributed by atoms with Crippen LogP contribution in [0.15, 0.2) is 15.0 Å². The maximum absolute atomic E-state index is 13.7. The van der Waals surface area contributed by atoms with Crippen LogP contribution in [-0.2, 0) is 24.0 Å². The third-order valence-corrected chi connectivity index (χ3v) is 10.5. The molecule has 22 N–H and O–H groups in total. The molecular formula is C32H61N17O6S. The lowest BCUT2D eigenvalue weighted by molar-refractivity contribution is -0.133. The number of rotatable bonds is 27. The smallest absolute Gasteiger partial charge is 0.315 e. The fraction of sp³-hybridized carbons (Fsp3) is 0.719. The van der Waals surface area contributed by atoms with Gasteiger partial charge in [0.2, 0.25) is 29.5 Å². The molecule has 2 saturated heterocycles. The summed E-state index contributed by atoms with van der Waals surface area (Å²) in [4.78, 5) is 88.5. The van der Waals surface area contributed by atoms with E-state index in [9.17, 15) is 28.8 Å². The molecule has 2 rings (SSSR count). The molecule has 0 aromatic heterocycles. The molecule has 2 aliphatic rings. The second kappa shape index (κ2) is 25.0. The average molecular weight is 812 g/mol. The Hall–Kier alpha value is -5.26. The van der Waals surface area contributed by atoms with Crippen LogP contribution in [0.2, 0.25) is 0 Å². The van der Waals surface area contributed by atoms with Gasteiger partial charge in [0.05, 0.1) is 18.1 Å². The molecule has 0 aromatic rings. The van der Waals surface area contributed by atoms with Crippen molar-refractivity contribution in [3.63, 3.8) is 0 Å². The molecule has 2 aliphatic heterocycles. The van der Waals surface area contributed by atoms with E-state index in [2.05, 4.69) is 46.9 Å². The van der Waals surface area contributed by atoms with Gasteiger partial charge < -0.3 is 77.8 Å². The summed E-state index contributed by atoms with van der Waals surface area (Å²) in [5.74, 6) is -2.63. The van der Waals surface area contributed by atoms with Crippen LogP contribution >= 0.6 is 11.8 Å². The molecular weight excluding hydrogens is 751 g/mol. The number of carbonyl (C=O) groups is 6. The molecule has 24 heteroatoms. The molecule has 0 saturated carbocycles. The fourth-order valence-corrected chi connectivity index (χ4v) is 7.58. The van der Waals surface area contributed by atoms with Crippen molar-refractivity contribution in [1.29, 1.82) is 0 Å². The number of aliphatic imine (C=N–C) groups is 3. The van der Waals surface area contributed by atoms with Crippen molar-refractivity contribution in [2.45, 2.75) is 112 Å². The highest BCUT2D eigenvalue weighted by Crippen LogP contribution is 2.33. The third kappa shape index (κ3) is 18.4. The third-order valence-electron chi connectivity index (χ3n) is 8.95. The Labute approximate surface area is 330 Å². The Morgan fingerprint density at radius 2 is 1.21 bits per heavy atom. The zero-order valence-corrected chi connectivity index (χ0v) is 32.5. The van der Waals surface area contributed by atoms with E-state index in [1.54, 1.807) is 11.8 Å². The Kier molecular flexibility index (Phi) is 20.9. The maximum Gasteiger partial charge on any atom is 0.315 e. The lowest BCUT2D eigenvalue weighted by Crippen LogP contribution is -2.56. The minimum absolute atomic E-state index is 0.0475. The van der Waals surface area contributed by atoms with Gasteiger partial charge in [0.1, 0.15) is 18.1 Å². The molecule has 0 bridgehead atoms. The van der Waals surface area contributed by atoms with Gasteiger partial charge in [-0.15, -0.1) is 0 Å². The first-order valence-corrected chi connectivity index (χ1v) is 19.7. The van der Waals surface area contributed by atoms with Gasteiger partial charge in [-0.05, 0) is 57.8 Å². The van der Waals surface area contributed by atoms with E-state index in [0.717, 1.165) is 18.6 Å². The largest absolute Gasteiger partial charge is 0.370 e. The first kappa shape index (κ1) is 46.9. The molecule has 7 atom stereocenters. The number of primary amides is 1. The highest BCUT2D eigenvalue weighted by Gasteiger charge is 2.42.